The van der Waals surface area contributed by atoms with Crippen LogP contribution in [0.1, 0.15) is 54.1 Å². The molecule has 2 aromatic carbocycles. The Morgan fingerprint density at radius 3 is 2.24 bits per heavy atom. The van der Waals surface area contributed by atoms with E-state index in [4.69, 9.17) is 11.6 Å². The van der Waals surface area contributed by atoms with Gasteiger partial charge in [0.2, 0.25) is 10.0 Å². The number of carbonyl (C=O) groups is 1. The third-order valence-corrected chi connectivity index (χ3v) is 7.49. The molecule has 0 spiro atoms. The number of nitrogens with one attached hydrogen (secondary N) is 1. The number of halogens is 1. The van der Waals surface area contributed by atoms with E-state index in [1.165, 1.54) is 28.1 Å². The van der Waals surface area contributed by atoms with Crippen molar-refractivity contribution in [2.24, 2.45) is 0 Å². The standard InChI is InChI=1S/C22H27ClN2O3S/c1-2-17-7-9-18(10-8-17)16-24-22(26)20-15-19(11-12-21(20)23)29(27,28)25-13-5-3-4-6-14-25/h7-12,15H,2-6,13-14,16H2,1H3,(H,24,26). The van der Waals surface area contributed by atoms with Gasteiger partial charge in [-0.2, -0.15) is 4.31 Å². The van der Waals surface area contributed by atoms with Gasteiger partial charge in [0.25, 0.3) is 5.91 Å². The van der Waals surface area contributed by atoms with Crippen LogP contribution in [0.25, 0.3) is 0 Å². The topological polar surface area (TPSA) is 66.5 Å². The maximum atomic E-state index is 13.0. The zero-order valence-corrected chi connectivity index (χ0v) is 18.2. The highest BCUT2D eigenvalue weighted by atomic mass is 35.5. The van der Waals surface area contributed by atoms with Crippen molar-refractivity contribution in [2.75, 3.05) is 13.1 Å². The van der Waals surface area contributed by atoms with Gasteiger partial charge in [0.15, 0.2) is 0 Å². The lowest BCUT2D eigenvalue weighted by Gasteiger charge is -2.20. The molecule has 156 valence electrons. The van der Waals surface area contributed by atoms with Crippen LogP contribution in [0.15, 0.2) is 47.4 Å². The molecule has 1 aliphatic heterocycles. The fraction of sp³-hybridized carbons (Fsp3) is 0.409. The molecule has 1 saturated heterocycles. The Labute approximate surface area is 178 Å². The molecule has 0 atom stereocenters. The van der Waals surface area contributed by atoms with Gasteiger partial charge < -0.3 is 5.32 Å². The number of nitrogens with zero attached hydrogens (tertiary/aromatic N) is 1. The molecule has 0 bridgehead atoms. The van der Waals surface area contributed by atoms with Crippen molar-refractivity contribution in [3.05, 3.63) is 64.2 Å². The first-order valence-corrected chi connectivity index (χ1v) is 11.9. The molecule has 0 aromatic heterocycles. The molecule has 1 aliphatic rings. The minimum atomic E-state index is -3.64. The lowest BCUT2D eigenvalue weighted by Crippen LogP contribution is -2.32. The first kappa shape index (κ1) is 21.8. The number of hydrogen-bond acceptors (Lipinski definition) is 3. The Morgan fingerprint density at radius 1 is 1.00 bits per heavy atom. The van der Waals surface area contributed by atoms with Crippen LogP contribution in [0.2, 0.25) is 5.02 Å². The smallest absolute Gasteiger partial charge is 0.253 e. The van der Waals surface area contributed by atoms with E-state index in [-0.39, 0.29) is 21.4 Å². The predicted molar refractivity (Wildman–Crippen MR) is 116 cm³/mol. The first-order chi connectivity index (χ1) is 13.9. The summed E-state index contributed by atoms with van der Waals surface area (Å²) in [7, 11) is -3.64. The van der Waals surface area contributed by atoms with E-state index in [0.29, 0.717) is 19.6 Å². The molecule has 5 nitrogen and oxygen atoms in total. The van der Waals surface area contributed by atoms with Gasteiger partial charge in [0, 0.05) is 19.6 Å². The Kier molecular flexibility index (Phi) is 7.33. The number of rotatable bonds is 6. The molecule has 1 heterocycles. The Balaban J connectivity index is 1.75. The van der Waals surface area contributed by atoms with Crippen LogP contribution in [0.4, 0.5) is 0 Å². The third kappa shape index (κ3) is 5.38. The summed E-state index contributed by atoms with van der Waals surface area (Å²) in [4.78, 5) is 12.8. The lowest BCUT2D eigenvalue weighted by atomic mass is 10.1. The Bertz CT molecular complexity index is 951. The summed E-state index contributed by atoms with van der Waals surface area (Å²) in [5, 5.41) is 3.06. The van der Waals surface area contributed by atoms with Gasteiger partial charge in [-0.25, -0.2) is 8.42 Å². The number of benzene rings is 2. The van der Waals surface area contributed by atoms with Gasteiger partial charge in [-0.3, -0.25) is 4.79 Å². The maximum absolute atomic E-state index is 13.0. The molecule has 7 heteroatoms. The predicted octanol–water partition coefficient (Wildman–Crippen LogP) is 4.40. The van der Waals surface area contributed by atoms with Crippen molar-refractivity contribution >= 4 is 27.5 Å². The second-order valence-electron chi connectivity index (χ2n) is 7.31. The maximum Gasteiger partial charge on any atom is 0.253 e. The minimum Gasteiger partial charge on any atom is -0.348 e. The van der Waals surface area contributed by atoms with Crippen molar-refractivity contribution in [1.82, 2.24) is 9.62 Å². The zero-order valence-electron chi connectivity index (χ0n) is 16.7. The molecule has 0 unspecified atom stereocenters. The number of sulfonamides is 1. The number of aryl methyl sites for hydroxylation is 1. The van der Waals surface area contributed by atoms with Crippen LogP contribution in [-0.4, -0.2) is 31.7 Å². The van der Waals surface area contributed by atoms with Gasteiger partial charge in [-0.05, 0) is 48.6 Å². The Hall–Kier alpha value is -1.89. The highest BCUT2D eigenvalue weighted by Gasteiger charge is 2.26. The summed E-state index contributed by atoms with van der Waals surface area (Å²) in [6.45, 7) is 3.47. The minimum absolute atomic E-state index is 0.112. The van der Waals surface area contributed by atoms with E-state index < -0.39 is 10.0 Å². The molecule has 29 heavy (non-hydrogen) atoms. The quantitative estimate of drug-likeness (QED) is 0.732. The van der Waals surface area contributed by atoms with Crippen molar-refractivity contribution in [2.45, 2.75) is 50.5 Å². The monoisotopic (exact) mass is 434 g/mol. The first-order valence-electron chi connectivity index (χ1n) is 10.1. The number of carbonyl (C=O) groups excluding carboxylic acids is 1. The summed E-state index contributed by atoms with van der Waals surface area (Å²) in [6, 6.07) is 12.4. The highest BCUT2D eigenvalue weighted by molar-refractivity contribution is 7.89. The normalized spacial score (nSPS) is 15.7. The summed E-state index contributed by atoms with van der Waals surface area (Å²) < 4.78 is 27.5. The second-order valence-corrected chi connectivity index (χ2v) is 9.66. The van der Waals surface area contributed by atoms with Gasteiger partial charge in [0.05, 0.1) is 15.5 Å². The van der Waals surface area contributed by atoms with Crippen molar-refractivity contribution in [3.8, 4) is 0 Å². The largest absolute Gasteiger partial charge is 0.348 e. The van der Waals surface area contributed by atoms with Crippen LogP contribution in [0.3, 0.4) is 0 Å². The molecule has 0 saturated carbocycles. The van der Waals surface area contributed by atoms with E-state index in [1.54, 1.807) is 0 Å². The molecule has 1 amide bonds. The van der Waals surface area contributed by atoms with E-state index in [0.717, 1.165) is 37.7 Å². The molecule has 1 fully saturated rings. The zero-order chi connectivity index (χ0) is 20.9. The molecule has 3 rings (SSSR count). The second kappa shape index (κ2) is 9.74. The molecule has 1 N–H and O–H groups in total. The van der Waals surface area contributed by atoms with Gasteiger partial charge in [0.1, 0.15) is 0 Å². The van der Waals surface area contributed by atoms with E-state index in [1.807, 2.05) is 24.3 Å². The molecular weight excluding hydrogens is 408 g/mol. The van der Waals surface area contributed by atoms with E-state index in [9.17, 15) is 13.2 Å². The average Bonchev–Trinajstić information content (AvgIpc) is 3.03. The summed E-state index contributed by atoms with van der Waals surface area (Å²) in [5.41, 5.74) is 2.38. The summed E-state index contributed by atoms with van der Waals surface area (Å²) in [5.74, 6) is -0.387. The highest BCUT2D eigenvalue weighted by Crippen LogP contribution is 2.25. The fourth-order valence-corrected chi connectivity index (χ4v) is 5.19. The molecule has 0 radical (unpaired) electrons. The van der Waals surface area contributed by atoms with Crippen LogP contribution >= 0.6 is 11.6 Å². The van der Waals surface area contributed by atoms with E-state index >= 15 is 0 Å². The molecule has 2 aromatic rings. The van der Waals surface area contributed by atoms with Crippen molar-refractivity contribution < 1.29 is 13.2 Å². The number of hydrogen-bond donors (Lipinski definition) is 1. The molecule has 0 aliphatic carbocycles. The third-order valence-electron chi connectivity index (χ3n) is 5.27. The average molecular weight is 435 g/mol. The van der Waals surface area contributed by atoms with Crippen LogP contribution in [-0.2, 0) is 23.0 Å². The van der Waals surface area contributed by atoms with Crippen LogP contribution in [0, 0.1) is 0 Å². The van der Waals surface area contributed by atoms with Crippen LogP contribution < -0.4 is 5.32 Å². The Morgan fingerprint density at radius 2 is 1.62 bits per heavy atom. The fourth-order valence-electron chi connectivity index (χ4n) is 3.44. The number of amides is 1. The SMILES string of the molecule is CCc1ccc(CNC(=O)c2cc(S(=O)(=O)N3CCCCCC3)ccc2Cl)cc1. The van der Waals surface area contributed by atoms with Gasteiger partial charge in [-0.15, -0.1) is 0 Å². The summed E-state index contributed by atoms with van der Waals surface area (Å²) >= 11 is 6.21. The van der Waals surface area contributed by atoms with E-state index in [2.05, 4.69) is 12.2 Å². The van der Waals surface area contributed by atoms with Gasteiger partial charge >= 0.3 is 0 Å². The van der Waals surface area contributed by atoms with Crippen molar-refractivity contribution in [1.29, 1.82) is 0 Å². The molecular formula is C22H27ClN2O3S. The van der Waals surface area contributed by atoms with Crippen LogP contribution in [0.5, 0.6) is 0 Å². The lowest BCUT2D eigenvalue weighted by molar-refractivity contribution is 0.0951. The summed E-state index contributed by atoms with van der Waals surface area (Å²) in [6.07, 6.45) is 4.76. The van der Waals surface area contributed by atoms with Crippen molar-refractivity contribution in [3.63, 3.8) is 0 Å². The van der Waals surface area contributed by atoms with Gasteiger partial charge in [-0.1, -0.05) is 55.6 Å².